The van der Waals surface area contributed by atoms with Crippen LogP contribution < -0.4 is 9.64 Å². The van der Waals surface area contributed by atoms with E-state index in [1.54, 1.807) is 13.3 Å². The number of methoxy groups -OCH3 is 1. The molecule has 26 heavy (non-hydrogen) atoms. The lowest BCUT2D eigenvalue weighted by Gasteiger charge is -2.24. The molecule has 0 unspecified atom stereocenters. The molecule has 1 heterocycles. The van der Waals surface area contributed by atoms with Crippen LogP contribution in [-0.4, -0.2) is 38.4 Å². The molecule has 0 radical (unpaired) electrons. The molecule has 0 fully saturated rings. The van der Waals surface area contributed by atoms with Crippen LogP contribution in [0.3, 0.4) is 0 Å². The second kappa shape index (κ2) is 10.4. The number of aromatic nitrogens is 1. The van der Waals surface area contributed by atoms with Crippen molar-refractivity contribution in [2.75, 3.05) is 38.3 Å². The average Bonchev–Trinajstić information content (AvgIpc) is 2.68. The first-order chi connectivity index (χ1) is 12.7. The predicted octanol–water partition coefficient (Wildman–Crippen LogP) is 4.27. The minimum absolute atomic E-state index is 0.352. The van der Waals surface area contributed by atoms with E-state index in [1.807, 2.05) is 6.07 Å². The lowest BCUT2D eigenvalue weighted by molar-refractivity contribution is 0.143. The Kier molecular flexibility index (Phi) is 7.91. The summed E-state index contributed by atoms with van der Waals surface area (Å²) in [6.45, 7) is 7.29. The third-order valence-corrected chi connectivity index (χ3v) is 4.08. The van der Waals surface area contributed by atoms with E-state index in [9.17, 15) is 5.26 Å². The molecule has 0 bridgehead atoms. The van der Waals surface area contributed by atoms with Crippen LogP contribution in [0.25, 0.3) is 11.1 Å². The molecule has 0 aliphatic heterocycles. The Morgan fingerprint density at radius 1 is 1.04 bits per heavy atom. The summed E-state index contributed by atoms with van der Waals surface area (Å²) in [5.41, 5.74) is 3.48. The van der Waals surface area contributed by atoms with E-state index >= 15 is 0 Å². The zero-order valence-electron chi connectivity index (χ0n) is 15.9. The van der Waals surface area contributed by atoms with Gasteiger partial charge in [0.15, 0.2) is 0 Å². The van der Waals surface area contributed by atoms with E-state index in [0.717, 1.165) is 37.1 Å². The number of pyridine rings is 1. The van der Waals surface area contributed by atoms with Crippen molar-refractivity contribution in [1.29, 1.82) is 5.26 Å². The van der Waals surface area contributed by atoms with Crippen LogP contribution in [0.4, 0.5) is 5.69 Å². The molecule has 138 valence electrons. The lowest BCUT2D eigenvalue weighted by atomic mass is 10.0. The quantitative estimate of drug-likeness (QED) is 0.597. The van der Waals surface area contributed by atoms with Crippen LogP contribution in [0.15, 0.2) is 36.5 Å². The fraction of sp³-hybridized carbons (Fsp3) is 0.429. The Labute approximate surface area is 156 Å². The highest BCUT2D eigenvalue weighted by atomic mass is 16.5. The molecule has 1 aromatic carbocycles. The van der Waals surface area contributed by atoms with Gasteiger partial charge in [0, 0.05) is 37.6 Å². The molecule has 1 aromatic heterocycles. The molecule has 0 saturated heterocycles. The van der Waals surface area contributed by atoms with Crippen molar-refractivity contribution in [1.82, 2.24) is 4.98 Å². The lowest BCUT2D eigenvalue weighted by Crippen LogP contribution is -2.24. The first kappa shape index (κ1) is 19.7. The molecular weight excluding hydrogens is 326 g/mol. The summed E-state index contributed by atoms with van der Waals surface area (Å²) < 4.78 is 10.6. The smallest absolute Gasteiger partial charge is 0.232 e. The van der Waals surface area contributed by atoms with Crippen molar-refractivity contribution in [3.05, 3.63) is 42.1 Å². The van der Waals surface area contributed by atoms with Crippen LogP contribution >= 0.6 is 0 Å². The molecule has 0 spiro atoms. The monoisotopic (exact) mass is 353 g/mol. The maximum atomic E-state index is 9.59. The van der Waals surface area contributed by atoms with E-state index < -0.39 is 0 Å². The highest BCUT2D eigenvalue weighted by molar-refractivity contribution is 5.73. The number of hydrogen-bond acceptors (Lipinski definition) is 5. The van der Waals surface area contributed by atoms with Crippen LogP contribution in [0, 0.1) is 11.3 Å². The number of rotatable bonds is 10. The number of anilines is 1. The second-order valence-corrected chi connectivity index (χ2v) is 6.03. The van der Waals surface area contributed by atoms with Gasteiger partial charge < -0.3 is 14.4 Å². The van der Waals surface area contributed by atoms with Crippen molar-refractivity contribution in [3.63, 3.8) is 0 Å². The molecule has 5 heteroatoms. The zero-order chi connectivity index (χ0) is 18.8. The number of nitriles is 1. The minimum atomic E-state index is 0.352. The van der Waals surface area contributed by atoms with Gasteiger partial charge in [-0.05, 0) is 36.6 Å². The number of hydrogen-bond donors (Lipinski definition) is 0. The largest absolute Gasteiger partial charge is 0.474 e. The summed E-state index contributed by atoms with van der Waals surface area (Å²) in [6.07, 6.45) is 3.91. The fourth-order valence-electron chi connectivity index (χ4n) is 2.88. The molecule has 5 nitrogen and oxygen atoms in total. The first-order valence-electron chi connectivity index (χ1n) is 9.11. The second-order valence-electron chi connectivity index (χ2n) is 6.03. The van der Waals surface area contributed by atoms with E-state index in [0.29, 0.717) is 24.7 Å². The number of ether oxygens (including phenoxy) is 2. The van der Waals surface area contributed by atoms with Gasteiger partial charge in [-0.2, -0.15) is 5.26 Å². The molecule has 0 amide bonds. The molecule has 0 saturated carbocycles. The number of benzene rings is 1. The highest BCUT2D eigenvalue weighted by Gasteiger charge is 2.13. The Hall–Kier alpha value is -2.58. The van der Waals surface area contributed by atoms with Gasteiger partial charge in [0.25, 0.3) is 0 Å². The first-order valence-corrected chi connectivity index (χ1v) is 9.11. The van der Waals surface area contributed by atoms with Crippen molar-refractivity contribution in [3.8, 4) is 23.1 Å². The topological polar surface area (TPSA) is 58.4 Å². The van der Waals surface area contributed by atoms with E-state index in [2.05, 4.69) is 54.1 Å². The van der Waals surface area contributed by atoms with E-state index in [1.165, 1.54) is 5.69 Å². The average molecular weight is 353 g/mol. The predicted molar refractivity (Wildman–Crippen MR) is 105 cm³/mol. The molecule has 0 N–H and O–H groups in total. The van der Waals surface area contributed by atoms with Gasteiger partial charge in [-0.25, -0.2) is 4.98 Å². The van der Waals surface area contributed by atoms with Gasteiger partial charge >= 0.3 is 0 Å². The van der Waals surface area contributed by atoms with Gasteiger partial charge in [0.05, 0.1) is 6.61 Å². The maximum Gasteiger partial charge on any atom is 0.232 e. The van der Waals surface area contributed by atoms with Crippen molar-refractivity contribution < 1.29 is 9.47 Å². The SMILES string of the molecule is CCCN(CCC)c1ccc(-c2ccnc(OCCOC)c2C#N)cc1. The van der Waals surface area contributed by atoms with Gasteiger partial charge in [0.2, 0.25) is 5.88 Å². The van der Waals surface area contributed by atoms with E-state index in [-0.39, 0.29) is 0 Å². The van der Waals surface area contributed by atoms with Crippen LogP contribution in [0.1, 0.15) is 32.3 Å². The number of nitrogens with zero attached hydrogens (tertiary/aromatic N) is 3. The maximum absolute atomic E-state index is 9.59. The fourth-order valence-corrected chi connectivity index (χ4v) is 2.88. The molecule has 0 aliphatic carbocycles. The minimum Gasteiger partial charge on any atom is -0.474 e. The van der Waals surface area contributed by atoms with Gasteiger partial charge in [-0.3, -0.25) is 0 Å². The Morgan fingerprint density at radius 2 is 1.73 bits per heavy atom. The third kappa shape index (κ3) is 4.96. The van der Waals surface area contributed by atoms with Crippen molar-refractivity contribution >= 4 is 5.69 Å². The summed E-state index contributed by atoms with van der Waals surface area (Å²) in [5, 5.41) is 9.59. The van der Waals surface area contributed by atoms with E-state index in [4.69, 9.17) is 9.47 Å². The van der Waals surface area contributed by atoms with Crippen molar-refractivity contribution in [2.24, 2.45) is 0 Å². The summed E-state index contributed by atoms with van der Waals surface area (Å²) in [5.74, 6) is 0.352. The highest BCUT2D eigenvalue weighted by Crippen LogP contribution is 2.30. The molecule has 2 aromatic rings. The summed E-state index contributed by atoms with van der Waals surface area (Å²) in [6, 6.07) is 12.4. The van der Waals surface area contributed by atoms with Crippen LogP contribution in [0.5, 0.6) is 5.88 Å². The third-order valence-electron chi connectivity index (χ3n) is 4.08. The molecule has 0 atom stereocenters. The van der Waals surface area contributed by atoms with Gasteiger partial charge in [-0.1, -0.05) is 26.0 Å². The molecule has 2 rings (SSSR count). The summed E-state index contributed by atoms with van der Waals surface area (Å²) >= 11 is 0. The Bertz CT molecular complexity index is 717. The van der Waals surface area contributed by atoms with Gasteiger partial charge in [-0.15, -0.1) is 0 Å². The Balaban J connectivity index is 2.28. The van der Waals surface area contributed by atoms with Gasteiger partial charge in [0.1, 0.15) is 18.2 Å². The zero-order valence-corrected chi connectivity index (χ0v) is 15.9. The van der Waals surface area contributed by atoms with Crippen LogP contribution in [0.2, 0.25) is 0 Å². The Morgan fingerprint density at radius 3 is 2.31 bits per heavy atom. The normalized spacial score (nSPS) is 10.4. The van der Waals surface area contributed by atoms with Crippen LogP contribution in [-0.2, 0) is 4.74 Å². The molecular formula is C21H27N3O2. The summed E-state index contributed by atoms with van der Waals surface area (Å²) in [7, 11) is 1.61. The molecule has 0 aliphatic rings. The summed E-state index contributed by atoms with van der Waals surface area (Å²) in [4.78, 5) is 6.58. The standard InChI is InChI=1S/C21H27N3O2/c1-4-12-24(13-5-2)18-8-6-17(7-9-18)19-10-11-23-21(20(19)16-22)26-15-14-25-3/h6-11H,4-5,12-15H2,1-3H3. The van der Waals surface area contributed by atoms with Crippen molar-refractivity contribution in [2.45, 2.75) is 26.7 Å².